The first-order chi connectivity index (χ1) is 19.1. The van der Waals surface area contributed by atoms with Crippen molar-refractivity contribution in [2.45, 2.75) is 44.9 Å². The molecule has 0 spiro atoms. The number of aromatic nitrogens is 1. The first-order valence-electron chi connectivity index (χ1n) is 14.3. The predicted molar refractivity (Wildman–Crippen MR) is 165 cm³/mol. The van der Waals surface area contributed by atoms with Crippen LogP contribution in [0, 0.1) is 0 Å². The topological polar surface area (TPSA) is 19.0 Å². The highest BCUT2D eigenvalue weighted by atomic mass is 15.2. The number of hydrogen-bond donors (Lipinski definition) is 1. The molecule has 0 unspecified atom stereocenters. The molecule has 0 fully saturated rings. The number of para-hydroxylation sites is 1. The van der Waals surface area contributed by atoms with E-state index in [9.17, 15) is 0 Å². The molecule has 2 nitrogen and oxygen atoms in total. The number of anilines is 2. The molecule has 2 heterocycles. The van der Waals surface area contributed by atoms with E-state index in [1.807, 2.05) is 0 Å². The van der Waals surface area contributed by atoms with Crippen molar-refractivity contribution in [1.29, 1.82) is 0 Å². The van der Waals surface area contributed by atoms with Crippen molar-refractivity contribution in [3.05, 3.63) is 137 Å². The van der Waals surface area contributed by atoms with Crippen molar-refractivity contribution in [2.24, 2.45) is 0 Å². The number of nitrogens with one attached hydrogen (secondary N) is 1. The third-order valence-electron chi connectivity index (χ3n) is 9.08. The molecule has 39 heavy (non-hydrogen) atoms. The van der Waals surface area contributed by atoms with Gasteiger partial charge in [0.15, 0.2) is 0 Å². The van der Waals surface area contributed by atoms with Gasteiger partial charge in [-0.3, -0.25) is 0 Å². The van der Waals surface area contributed by atoms with E-state index in [2.05, 4.69) is 127 Å². The number of nitrogens with zero attached hydrogens (tertiary/aromatic N) is 1. The molecule has 0 bridgehead atoms. The van der Waals surface area contributed by atoms with Crippen LogP contribution >= 0.6 is 0 Å². The van der Waals surface area contributed by atoms with Crippen LogP contribution in [0.25, 0.3) is 27.2 Å². The van der Waals surface area contributed by atoms with E-state index in [0.717, 1.165) is 25.7 Å². The molecule has 1 aliphatic heterocycles. The van der Waals surface area contributed by atoms with Gasteiger partial charge in [0.05, 0.1) is 11.4 Å². The molecule has 0 amide bonds. The molecule has 1 aromatic heterocycles. The van der Waals surface area contributed by atoms with Gasteiger partial charge in [-0.25, -0.2) is 0 Å². The average molecular weight is 505 g/mol. The zero-order chi connectivity index (χ0) is 26.1. The summed E-state index contributed by atoms with van der Waals surface area (Å²) in [5.74, 6) is 0. The summed E-state index contributed by atoms with van der Waals surface area (Å²) in [4.78, 5) is 6.32. The predicted octanol–water partition coefficient (Wildman–Crippen LogP) is 9.73. The molecule has 0 radical (unpaired) electrons. The molecule has 4 aromatic carbocycles. The van der Waals surface area contributed by atoms with Gasteiger partial charge in [-0.2, -0.15) is 0 Å². The van der Waals surface area contributed by atoms with Crippen LogP contribution in [0.15, 0.2) is 114 Å². The smallest absolute Gasteiger partial charge is 0.0502 e. The Bertz CT molecular complexity index is 1880. The zero-order valence-electron chi connectivity index (χ0n) is 22.6. The van der Waals surface area contributed by atoms with Crippen molar-refractivity contribution < 1.29 is 0 Å². The summed E-state index contributed by atoms with van der Waals surface area (Å²) in [6.07, 6.45) is 11.7. The minimum Gasteiger partial charge on any atom is -0.354 e. The lowest BCUT2D eigenvalue weighted by atomic mass is 9.70. The van der Waals surface area contributed by atoms with Crippen molar-refractivity contribution in [1.82, 2.24) is 4.98 Å². The Hall–Kier alpha value is -4.30. The Morgan fingerprint density at radius 2 is 1.59 bits per heavy atom. The molecular weight excluding hydrogens is 472 g/mol. The summed E-state index contributed by atoms with van der Waals surface area (Å²) in [7, 11) is 0. The lowest BCUT2D eigenvalue weighted by molar-refractivity contribution is 0.602. The molecule has 2 heteroatoms. The minimum atomic E-state index is -0.0718. The number of benzene rings is 4. The molecule has 0 saturated carbocycles. The van der Waals surface area contributed by atoms with Crippen molar-refractivity contribution in [2.75, 3.05) is 4.90 Å². The number of aryl methyl sites for hydroxylation is 1. The highest BCUT2D eigenvalue weighted by molar-refractivity contribution is 6.10. The lowest BCUT2D eigenvalue weighted by Crippen LogP contribution is -2.36. The second-order valence-corrected chi connectivity index (χ2v) is 11.7. The fraction of sp³-hybridized carbons (Fsp3) is 0.189. The number of H-pyrrole nitrogens is 1. The summed E-state index contributed by atoms with van der Waals surface area (Å²) in [6.45, 7) is 4.80. The molecule has 3 aliphatic rings. The summed E-state index contributed by atoms with van der Waals surface area (Å²) in [6, 6.07) is 31.3. The molecule has 2 aliphatic carbocycles. The number of rotatable bonds is 2. The van der Waals surface area contributed by atoms with Crippen LogP contribution < -0.4 is 4.90 Å². The first kappa shape index (κ1) is 22.7. The lowest BCUT2D eigenvalue weighted by Gasteiger charge is -2.45. The van der Waals surface area contributed by atoms with Gasteiger partial charge >= 0.3 is 0 Å². The maximum absolute atomic E-state index is 3.84. The van der Waals surface area contributed by atoms with Crippen molar-refractivity contribution in [3.63, 3.8) is 0 Å². The van der Waals surface area contributed by atoms with E-state index in [0.29, 0.717) is 0 Å². The van der Waals surface area contributed by atoms with E-state index >= 15 is 0 Å². The summed E-state index contributed by atoms with van der Waals surface area (Å²) in [5, 5.41) is 4.05. The van der Waals surface area contributed by atoms with Gasteiger partial charge in [-0.05, 0) is 89.1 Å². The van der Waals surface area contributed by atoms with E-state index < -0.39 is 0 Å². The quantitative estimate of drug-likeness (QED) is 0.253. The van der Waals surface area contributed by atoms with Gasteiger partial charge in [0.1, 0.15) is 0 Å². The monoisotopic (exact) mass is 504 g/mol. The summed E-state index contributed by atoms with van der Waals surface area (Å²) < 4.78 is 0. The molecule has 0 saturated heterocycles. The number of fused-ring (bicyclic) bond motifs is 7. The average Bonchev–Trinajstić information content (AvgIpc) is 3.37. The Morgan fingerprint density at radius 3 is 2.49 bits per heavy atom. The second kappa shape index (κ2) is 8.35. The Balaban J connectivity index is 1.32. The molecule has 1 N–H and O–H groups in total. The van der Waals surface area contributed by atoms with Crippen LogP contribution in [-0.4, -0.2) is 4.98 Å². The number of allylic oxidation sites excluding steroid dienone is 4. The highest BCUT2D eigenvalue weighted by Gasteiger charge is 2.40. The van der Waals surface area contributed by atoms with Crippen LogP contribution in [0.5, 0.6) is 0 Å². The van der Waals surface area contributed by atoms with Gasteiger partial charge in [0.25, 0.3) is 0 Å². The van der Waals surface area contributed by atoms with Crippen LogP contribution in [0.2, 0.25) is 0 Å². The Kier molecular flexibility index (Phi) is 4.85. The van der Waals surface area contributed by atoms with E-state index in [4.69, 9.17) is 0 Å². The Morgan fingerprint density at radius 1 is 0.769 bits per heavy atom. The third kappa shape index (κ3) is 3.27. The number of aromatic amines is 1. The van der Waals surface area contributed by atoms with Gasteiger partial charge in [-0.15, -0.1) is 0 Å². The van der Waals surface area contributed by atoms with Crippen LogP contribution in [-0.2, 0) is 11.8 Å². The summed E-state index contributed by atoms with van der Waals surface area (Å²) in [5.41, 5.74) is 13.2. The maximum Gasteiger partial charge on any atom is 0.0502 e. The van der Waals surface area contributed by atoms with E-state index in [-0.39, 0.29) is 5.41 Å². The van der Waals surface area contributed by atoms with Gasteiger partial charge < -0.3 is 9.88 Å². The molecule has 5 aromatic rings. The molecule has 190 valence electrons. The molecule has 8 rings (SSSR count). The van der Waals surface area contributed by atoms with Gasteiger partial charge in [-0.1, -0.05) is 86.7 Å². The van der Waals surface area contributed by atoms with E-state index in [1.165, 1.54) is 72.3 Å². The fourth-order valence-electron chi connectivity index (χ4n) is 7.22. The fourth-order valence-corrected chi connectivity index (χ4v) is 7.22. The third-order valence-corrected chi connectivity index (χ3v) is 9.08. The summed E-state index contributed by atoms with van der Waals surface area (Å²) >= 11 is 0. The normalized spacial score (nSPS) is 17.7. The molecular formula is C37H32N2. The highest BCUT2D eigenvalue weighted by Crippen LogP contribution is 2.52. The number of hydrogen-bond acceptors (Lipinski definition) is 1. The van der Waals surface area contributed by atoms with Gasteiger partial charge in [0.2, 0.25) is 0 Å². The second-order valence-electron chi connectivity index (χ2n) is 11.7. The first-order valence-corrected chi connectivity index (χ1v) is 14.3. The van der Waals surface area contributed by atoms with E-state index in [1.54, 1.807) is 0 Å². The Labute approximate surface area is 230 Å². The van der Waals surface area contributed by atoms with Crippen LogP contribution in [0.4, 0.5) is 11.4 Å². The van der Waals surface area contributed by atoms with Crippen molar-refractivity contribution in [3.8, 4) is 0 Å². The van der Waals surface area contributed by atoms with Crippen LogP contribution in [0.1, 0.15) is 55.5 Å². The van der Waals surface area contributed by atoms with Crippen molar-refractivity contribution >= 4 is 38.6 Å². The standard InChI is InChI=1S/C37H32N2/c1-37(2)30-17-8-9-18-33(30)39(26-12-4-3-5-13-26)34-22-20-25(23-31(34)37)28-15-10-16-29-35-27-14-7-6-11-24(27)19-21-32(35)38-36(28)29/h3-7,11-15,17-23,38H,8-10,16H2,1-2H3. The minimum absolute atomic E-state index is 0.0718. The largest absolute Gasteiger partial charge is 0.354 e. The van der Waals surface area contributed by atoms with Gasteiger partial charge in [0, 0.05) is 33.3 Å². The maximum atomic E-state index is 3.84. The SMILES string of the molecule is CC1(C)C2=CCCC=C2N(c2ccccc2)c2ccc(C3=CCCc4c3[nH]c3ccc5ccccc5c43)cc21. The van der Waals surface area contributed by atoms with Crippen LogP contribution in [0.3, 0.4) is 0 Å². The zero-order valence-corrected chi connectivity index (χ0v) is 22.6. The molecule has 0 atom stereocenters.